The van der Waals surface area contributed by atoms with Crippen LogP contribution in [0, 0.1) is 0 Å². The molecule has 132 valence electrons. The molecule has 0 bridgehead atoms. The number of nitrogens with zero attached hydrogens (tertiary/aromatic N) is 1. The summed E-state index contributed by atoms with van der Waals surface area (Å²) in [4.78, 5) is 35.8. The van der Waals surface area contributed by atoms with Crippen molar-refractivity contribution in [1.82, 2.24) is 4.90 Å². The van der Waals surface area contributed by atoms with E-state index in [1.165, 1.54) is 12.0 Å². The van der Waals surface area contributed by atoms with Gasteiger partial charge in [-0.25, -0.2) is 9.59 Å². The van der Waals surface area contributed by atoms with Gasteiger partial charge in [0.15, 0.2) is 6.61 Å². The van der Waals surface area contributed by atoms with E-state index < -0.39 is 18.5 Å². The van der Waals surface area contributed by atoms with Gasteiger partial charge in [-0.3, -0.25) is 4.79 Å². The van der Waals surface area contributed by atoms with E-state index in [2.05, 4.69) is 4.74 Å². The van der Waals surface area contributed by atoms with E-state index in [0.29, 0.717) is 39.5 Å². The van der Waals surface area contributed by atoms with Crippen molar-refractivity contribution in [3.05, 3.63) is 12.2 Å². The van der Waals surface area contributed by atoms with E-state index in [4.69, 9.17) is 14.2 Å². The van der Waals surface area contributed by atoms with Crippen LogP contribution in [-0.4, -0.2) is 76.0 Å². The molecule has 0 aliphatic heterocycles. The lowest BCUT2D eigenvalue weighted by Gasteiger charge is -2.22. The Kier molecular flexibility index (Phi) is 12.6. The van der Waals surface area contributed by atoms with Gasteiger partial charge in [-0.2, -0.15) is 0 Å². The summed E-state index contributed by atoms with van der Waals surface area (Å²) in [6.07, 6.45) is 1.83. The Morgan fingerprint density at radius 1 is 0.913 bits per heavy atom. The van der Waals surface area contributed by atoms with Gasteiger partial charge in [-0.15, -0.1) is 0 Å². The number of ether oxygens (including phenoxy) is 4. The average molecular weight is 331 g/mol. The fraction of sp³-hybridized carbons (Fsp3) is 0.667. The molecule has 1 amide bonds. The van der Waals surface area contributed by atoms with Crippen molar-refractivity contribution in [2.75, 3.05) is 53.2 Å². The third-order valence-corrected chi connectivity index (χ3v) is 2.67. The van der Waals surface area contributed by atoms with Crippen molar-refractivity contribution in [2.45, 2.75) is 13.8 Å². The van der Waals surface area contributed by atoms with Crippen LogP contribution in [0.3, 0.4) is 0 Å². The Morgan fingerprint density at radius 3 is 1.91 bits per heavy atom. The highest BCUT2D eigenvalue weighted by atomic mass is 16.5. The maximum absolute atomic E-state index is 12.1. The summed E-state index contributed by atoms with van der Waals surface area (Å²) in [7, 11) is 1.19. The van der Waals surface area contributed by atoms with E-state index >= 15 is 0 Å². The number of amides is 1. The molecule has 0 radical (unpaired) electrons. The molecular weight excluding hydrogens is 306 g/mol. The molecule has 0 rings (SSSR count). The Bertz CT molecular complexity index is 385. The van der Waals surface area contributed by atoms with Gasteiger partial charge in [-0.05, 0) is 13.8 Å². The second-order valence-electron chi connectivity index (χ2n) is 4.24. The fourth-order valence-corrected chi connectivity index (χ4v) is 1.48. The Balaban J connectivity index is 4.31. The summed E-state index contributed by atoms with van der Waals surface area (Å²) in [6.45, 7) is 5.98. The second kappa shape index (κ2) is 13.7. The maximum atomic E-state index is 12.1. The van der Waals surface area contributed by atoms with Crippen LogP contribution in [0.2, 0.25) is 0 Å². The minimum Gasteiger partial charge on any atom is -0.466 e. The van der Waals surface area contributed by atoms with Crippen LogP contribution < -0.4 is 0 Å². The molecule has 0 aromatic carbocycles. The minimum atomic E-state index is -0.793. The summed E-state index contributed by atoms with van der Waals surface area (Å²) < 4.78 is 19.6. The number of methoxy groups -OCH3 is 1. The summed E-state index contributed by atoms with van der Waals surface area (Å²) in [5, 5.41) is 0. The van der Waals surface area contributed by atoms with Crippen LogP contribution in [0.5, 0.6) is 0 Å². The number of carbonyl (C=O) groups excluding carboxylic acids is 3. The molecule has 8 nitrogen and oxygen atoms in total. The average Bonchev–Trinajstić information content (AvgIpc) is 2.56. The topological polar surface area (TPSA) is 91.4 Å². The van der Waals surface area contributed by atoms with Gasteiger partial charge in [0.2, 0.25) is 0 Å². The summed E-state index contributed by atoms with van der Waals surface area (Å²) >= 11 is 0. The number of hydrogen-bond acceptors (Lipinski definition) is 7. The first-order valence-electron chi connectivity index (χ1n) is 7.41. The van der Waals surface area contributed by atoms with Gasteiger partial charge < -0.3 is 23.8 Å². The Labute approximate surface area is 136 Å². The molecule has 8 heteroatoms. The number of esters is 2. The SMILES string of the molecule is CCOCCN(CCOCC)C(=O)COC(=O)C=CC(=O)OC. The van der Waals surface area contributed by atoms with Crippen LogP contribution in [-0.2, 0) is 33.3 Å². The predicted octanol–water partition coefficient (Wildman–Crippen LogP) is 0.160. The molecule has 0 aromatic rings. The summed E-state index contributed by atoms with van der Waals surface area (Å²) in [5.74, 6) is -1.83. The lowest BCUT2D eigenvalue weighted by atomic mass is 10.4. The predicted molar refractivity (Wildman–Crippen MR) is 81.7 cm³/mol. The number of carbonyl (C=O) groups is 3. The van der Waals surface area contributed by atoms with E-state index in [1.807, 2.05) is 13.8 Å². The van der Waals surface area contributed by atoms with Crippen LogP contribution in [0.4, 0.5) is 0 Å². The zero-order chi connectivity index (χ0) is 17.5. The van der Waals surface area contributed by atoms with E-state index in [-0.39, 0.29) is 5.91 Å². The van der Waals surface area contributed by atoms with Gasteiger partial charge in [0.25, 0.3) is 5.91 Å². The second-order valence-corrected chi connectivity index (χ2v) is 4.24. The van der Waals surface area contributed by atoms with Crippen LogP contribution >= 0.6 is 0 Å². The first-order valence-corrected chi connectivity index (χ1v) is 7.41. The quantitative estimate of drug-likeness (QED) is 0.286. The molecule has 0 atom stereocenters. The molecule has 0 N–H and O–H groups in total. The standard InChI is InChI=1S/C15H25NO7/c1-4-21-10-8-16(9-11-22-5-2)13(17)12-23-15(19)7-6-14(18)20-3/h6-7H,4-5,8-12H2,1-3H3. The molecule has 0 spiro atoms. The smallest absolute Gasteiger partial charge is 0.331 e. The monoisotopic (exact) mass is 331 g/mol. The normalized spacial score (nSPS) is 10.6. The number of hydrogen-bond donors (Lipinski definition) is 0. The Hall–Kier alpha value is -1.93. The molecule has 0 saturated carbocycles. The van der Waals surface area contributed by atoms with Crippen molar-refractivity contribution in [1.29, 1.82) is 0 Å². The van der Waals surface area contributed by atoms with Crippen molar-refractivity contribution in [3.8, 4) is 0 Å². The van der Waals surface area contributed by atoms with Gasteiger partial charge in [0.05, 0.1) is 20.3 Å². The maximum Gasteiger partial charge on any atom is 0.331 e. The lowest BCUT2D eigenvalue weighted by molar-refractivity contribution is -0.149. The largest absolute Gasteiger partial charge is 0.466 e. The summed E-state index contributed by atoms with van der Waals surface area (Å²) in [5.41, 5.74) is 0. The molecule has 0 aliphatic carbocycles. The van der Waals surface area contributed by atoms with E-state index in [1.54, 1.807) is 0 Å². The van der Waals surface area contributed by atoms with Crippen LogP contribution in [0.15, 0.2) is 12.2 Å². The fourth-order valence-electron chi connectivity index (χ4n) is 1.48. The highest BCUT2D eigenvalue weighted by molar-refractivity contribution is 5.92. The van der Waals surface area contributed by atoms with Crippen molar-refractivity contribution in [3.63, 3.8) is 0 Å². The molecule has 23 heavy (non-hydrogen) atoms. The third kappa shape index (κ3) is 11.3. The minimum absolute atomic E-state index is 0.357. The zero-order valence-corrected chi connectivity index (χ0v) is 13.9. The van der Waals surface area contributed by atoms with Crippen molar-refractivity contribution < 1.29 is 33.3 Å². The van der Waals surface area contributed by atoms with Crippen LogP contribution in [0.25, 0.3) is 0 Å². The van der Waals surface area contributed by atoms with Crippen LogP contribution in [0.1, 0.15) is 13.8 Å². The van der Waals surface area contributed by atoms with Crippen molar-refractivity contribution >= 4 is 17.8 Å². The number of rotatable bonds is 12. The zero-order valence-electron chi connectivity index (χ0n) is 13.9. The molecule has 0 aliphatic rings. The molecular formula is C15H25NO7. The third-order valence-electron chi connectivity index (χ3n) is 2.67. The first-order chi connectivity index (χ1) is 11.0. The summed E-state index contributed by atoms with van der Waals surface area (Å²) in [6, 6.07) is 0. The van der Waals surface area contributed by atoms with Gasteiger partial charge >= 0.3 is 11.9 Å². The lowest BCUT2D eigenvalue weighted by Crippen LogP contribution is -2.39. The molecule has 0 unspecified atom stereocenters. The highest BCUT2D eigenvalue weighted by Gasteiger charge is 2.15. The van der Waals surface area contributed by atoms with Gasteiger partial charge in [0.1, 0.15) is 0 Å². The van der Waals surface area contributed by atoms with Gasteiger partial charge in [-0.1, -0.05) is 0 Å². The van der Waals surface area contributed by atoms with Gasteiger partial charge in [0, 0.05) is 38.5 Å². The van der Waals surface area contributed by atoms with Crippen molar-refractivity contribution in [2.24, 2.45) is 0 Å². The van der Waals surface area contributed by atoms with E-state index in [0.717, 1.165) is 12.2 Å². The Morgan fingerprint density at radius 2 is 1.43 bits per heavy atom. The first kappa shape index (κ1) is 21.1. The highest BCUT2D eigenvalue weighted by Crippen LogP contribution is 1.94. The van der Waals surface area contributed by atoms with E-state index in [9.17, 15) is 14.4 Å². The molecule has 0 aromatic heterocycles. The molecule has 0 heterocycles. The molecule has 0 saturated heterocycles. The molecule has 0 fully saturated rings.